The van der Waals surface area contributed by atoms with E-state index in [4.69, 9.17) is 5.90 Å². The van der Waals surface area contributed by atoms with Crippen LogP contribution in [0.25, 0.3) is 0 Å². The van der Waals surface area contributed by atoms with Crippen LogP contribution in [0.2, 0.25) is 0 Å². The summed E-state index contributed by atoms with van der Waals surface area (Å²) in [4.78, 5) is 14.9. The van der Waals surface area contributed by atoms with Gasteiger partial charge in [0.1, 0.15) is 0 Å². The van der Waals surface area contributed by atoms with E-state index in [1.165, 1.54) is 19.3 Å². The number of nitrogens with two attached hydrogens (primary N) is 1. The number of carbonyl (C=O) groups excluding carboxylic acids is 1. The summed E-state index contributed by atoms with van der Waals surface area (Å²) >= 11 is 0. The summed E-state index contributed by atoms with van der Waals surface area (Å²) < 4.78 is 0. The zero-order chi connectivity index (χ0) is 15.6. The fourth-order valence-electron chi connectivity index (χ4n) is 1.95. The maximum absolute atomic E-state index is 10.8. The predicted molar refractivity (Wildman–Crippen MR) is 89.5 cm³/mol. The Hall–Kier alpha value is -1.35. The minimum absolute atomic E-state index is 0.309. The van der Waals surface area contributed by atoms with Crippen molar-refractivity contribution >= 4 is 5.97 Å². The largest absolute Gasteiger partial charge is 0.373 e. The molecule has 0 saturated heterocycles. The van der Waals surface area contributed by atoms with Crippen molar-refractivity contribution in [2.75, 3.05) is 0 Å². The Kier molecular flexibility index (Phi) is 15.6. The Morgan fingerprint density at radius 2 is 1.43 bits per heavy atom. The third-order valence-corrected chi connectivity index (χ3v) is 3.16. The average molecular weight is 293 g/mol. The van der Waals surface area contributed by atoms with Gasteiger partial charge in [0.15, 0.2) is 0 Å². The molecule has 0 rings (SSSR count). The van der Waals surface area contributed by atoms with E-state index in [1.54, 1.807) is 0 Å². The van der Waals surface area contributed by atoms with Crippen molar-refractivity contribution in [3.8, 4) is 0 Å². The average Bonchev–Trinajstić information content (AvgIpc) is 2.50. The van der Waals surface area contributed by atoms with Crippen molar-refractivity contribution in [3.05, 3.63) is 36.5 Å². The lowest BCUT2D eigenvalue weighted by Crippen LogP contribution is -2.08. The fourth-order valence-corrected chi connectivity index (χ4v) is 1.95. The Labute approximate surface area is 129 Å². The SMILES string of the molecule is CC/C=C\C/C=C\C/C=C\CCCCCCCC(=O)ON. The quantitative estimate of drug-likeness (QED) is 0.295. The molecular formula is C18H31NO2. The standard InChI is InChI=1S/C18H31NO2/c1-2-3-4-5-6-7-8-9-10-11-12-13-14-15-16-17-18(20)21-19/h3-4,6-7,9-10H,2,5,8,11-17,19H2,1H3/b4-3-,7-6-,10-9-. The minimum atomic E-state index is -0.309. The lowest BCUT2D eigenvalue weighted by molar-refractivity contribution is -0.144. The van der Waals surface area contributed by atoms with Crippen LogP contribution < -0.4 is 5.90 Å². The van der Waals surface area contributed by atoms with E-state index in [0.717, 1.165) is 38.5 Å². The van der Waals surface area contributed by atoms with E-state index >= 15 is 0 Å². The highest BCUT2D eigenvalue weighted by Gasteiger charge is 1.99. The highest BCUT2D eigenvalue weighted by molar-refractivity contribution is 5.68. The van der Waals surface area contributed by atoms with Gasteiger partial charge in [0, 0.05) is 6.42 Å². The fraction of sp³-hybridized carbons (Fsp3) is 0.611. The lowest BCUT2D eigenvalue weighted by Gasteiger charge is -1.99. The second-order valence-electron chi connectivity index (χ2n) is 5.09. The van der Waals surface area contributed by atoms with Gasteiger partial charge in [-0.3, -0.25) is 4.79 Å². The smallest absolute Gasteiger partial charge is 0.324 e. The number of rotatable bonds is 13. The zero-order valence-corrected chi connectivity index (χ0v) is 13.4. The summed E-state index contributed by atoms with van der Waals surface area (Å²) in [6, 6.07) is 0. The Morgan fingerprint density at radius 1 is 0.857 bits per heavy atom. The van der Waals surface area contributed by atoms with Crippen LogP contribution in [0, 0.1) is 0 Å². The van der Waals surface area contributed by atoms with Gasteiger partial charge in [-0.2, -0.15) is 5.90 Å². The molecule has 0 aliphatic heterocycles. The van der Waals surface area contributed by atoms with Crippen LogP contribution >= 0.6 is 0 Å². The van der Waals surface area contributed by atoms with Crippen molar-refractivity contribution < 1.29 is 9.63 Å². The normalized spacial score (nSPS) is 11.9. The Bertz CT molecular complexity index is 319. The molecule has 0 saturated carbocycles. The van der Waals surface area contributed by atoms with Gasteiger partial charge in [-0.1, -0.05) is 62.6 Å². The first-order valence-electron chi connectivity index (χ1n) is 8.15. The van der Waals surface area contributed by atoms with Crippen LogP contribution in [0.5, 0.6) is 0 Å². The zero-order valence-electron chi connectivity index (χ0n) is 13.4. The number of carbonyl (C=O) groups is 1. The Balaban J connectivity index is 3.25. The molecule has 2 N–H and O–H groups in total. The van der Waals surface area contributed by atoms with Gasteiger partial charge in [-0.05, 0) is 38.5 Å². The van der Waals surface area contributed by atoms with Gasteiger partial charge in [-0.15, -0.1) is 0 Å². The number of hydrogen-bond acceptors (Lipinski definition) is 3. The third kappa shape index (κ3) is 16.6. The van der Waals surface area contributed by atoms with E-state index in [1.807, 2.05) is 0 Å². The molecule has 0 aromatic heterocycles. The molecular weight excluding hydrogens is 262 g/mol. The molecule has 0 heterocycles. The lowest BCUT2D eigenvalue weighted by atomic mass is 10.1. The summed E-state index contributed by atoms with van der Waals surface area (Å²) in [5, 5.41) is 0. The molecule has 0 unspecified atom stereocenters. The van der Waals surface area contributed by atoms with E-state index in [9.17, 15) is 4.79 Å². The van der Waals surface area contributed by atoms with Crippen molar-refractivity contribution in [2.45, 2.75) is 71.1 Å². The van der Waals surface area contributed by atoms with Crippen molar-refractivity contribution in [1.29, 1.82) is 0 Å². The summed E-state index contributed by atoms with van der Waals surface area (Å²) in [5.41, 5.74) is 0. The van der Waals surface area contributed by atoms with Crippen LogP contribution in [-0.4, -0.2) is 5.97 Å². The predicted octanol–water partition coefficient (Wildman–Crippen LogP) is 4.99. The van der Waals surface area contributed by atoms with Crippen LogP contribution in [0.3, 0.4) is 0 Å². The van der Waals surface area contributed by atoms with Gasteiger partial charge >= 0.3 is 5.97 Å². The van der Waals surface area contributed by atoms with Gasteiger partial charge in [0.2, 0.25) is 0 Å². The molecule has 0 amide bonds. The molecule has 0 aliphatic rings. The van der Waals surface area contributed by atoms with Crippen molar-refractivity contribution in [3.63, 3.8) is 0 Å². The van der Waals surface area contributed by atoms with Gasteiger partial charge in [-0.25, -0.2) is 0 Å². The molecule has 21 heavy (non-hydrogen) atoms. The van der Waals surface area contributed by atoms with Gasteiger partial charge in [0.25, 0.3) is 0 Å². The summed E-state index contributed by atoms with van der Waals surface area (Å²) in [5.74, 6) is 4.46. The summed E-state index contributed by atoms with van der Waals surface area (Å²) in [6.45, 7) is 2.15. The first kappa shape index (κ1) is 19.7. The Morgan fingerprint density at radius 3 is 2.10 bits per heavy atom. The van der Waals surface area contributed by atoms with Crippen molar-refractivity contribution in [2.24, 2.45) is 5.90 Å². The summed E-state index contributed by atoms with van der Waals surface area (Å²) in [6.07, 6.45) is 23.7. The molecule has 0 radical (unpaired) electrons. The molecule has 0 atom stereocenters. The first-order valence-corrected chi connectivity index (χ1v) is 8.15. The van der Waals surface area contributed by atoms with Crippen LogP contribution in [0.15, 0.2) is 36.5 Å². The molecule has 0 aliphatic carbocycles. The van der Waals surface area contributed by atoms with E-state index in [0.29, 0.717) is 6.42 Å². The van der Waals surface area contributed by atoms with Crippen LogP contribution in [0.4, 0.5) is 0 Å². The highest BCUT2D eigenvalue weighted by Crippen LogP contribution is 2.08. The molecule has 120 valence electrons. The first-order chi connectivity index (χ1) is 10.3. The molecule has 0 fully saturated rings. The van der Waals surface area contributed by atoms with E-state index in [-0.39, 0.29) is 5.97 Å². The number of unbranched alkanes of at least 4 members (excludes halogenated alkanes) is 5. The molecule has 0 bridgehead atoms. The summed E-state index contributed by atoms with van der Waals surface area (Å²) in [7, 11) is 0. The molecule has 0 aromatic carbocycles. The maximum Gasteiger partial charge on any atom is 0.324 e. The molecule has 3 heteroatoms. The maximum atomic E-state index is 10.8. The van der Waals surface area contributed by atoms with E-state index < -0.39 is 0 Å². The second-order valence-corrected chi connectivity index (χ2v) is 5.09. The van der Waals surface area contributed by atoms with Crippen LogP contribution in [0.1, 0.15) is 71.1 Å². The van der Waals surface area contributed by atoms with E-state index in [2.05, 4.69) is 48.2 Å². The minimum Gasteiger partial charge on any atom is -0.373 e. The molecule has 3 nitrogen and oxygen atoms in total. The number of hydrogen-bond donors (Lipinski definition) is 1. The van der Waals surface area contributed by atoms with Crippen molar-refractivity contribution in [1.82, 2.24) is 0 Å². The highest BCUT2D eigenvalue weighted by atomic mass is 16.7. The monoisotopic (exact) mass is 293 g/mol. The van der Waals surface area contributed by atoms with Gasteiger partial charge < -0.3 is 4.84 Å². The molecule has 0 aromatic rings. The van der Waals surface area contributed by atoms with Crippen LogP contribution in [-0.2, 0) is 9.63 Å². The number of allylic oxidation sites excluding steroid dienone is 6. The molecule has 0 spiro atoms. The topological polar surface area (TPSA) is 52.3 Å². The second kappa shape index (κ2) is 16.7. The third-order valence-electron chi connectivity index (χ3n) is 3.16. The van der Waals surface area contributed by atoms with Gasteiger partial charge in [0.05, 0.1) is 0 Å².